The van der Waals surface area contributed by atoms with Crippen LogP contribution in [0.3, 0.4) is 0 Å². The molecule has 0 spiro atoms. The number of hydrazine groups is 1. The highest BCUT2D eigenvalue weighted by Gasteiger charge is 2.14. The highest BCUT2D eigenvalue weighted by Crippen LogP contribution is 2.21. The topological polar surface area (TPSA) is 60.2 Å². The Hall–Kier alpha value is -1.43. The Morgan fingerprint density at radius 2 is 2.19 bits per heavy atom. The molecule has 0 fully saturated rings. The van der Waals surface area contributed by atoms with Gasteiger partial charge in [0.15, 0.2) is 17.5 Å². The quantitative estimate of drug-likeness (QED) is 0.602. The molecule has 90 valence electrons. The SMILES string of the molecule is CCCC(C)Oc1nc(NN)c(F)cc1F. The summed E-state index contributed by atoms with van der Waals surface area (Å²) in [5.41, 5.74) is 2.04. The maximum atomic E-state index is 13.3. The van der Waals surface area contributed by atoms with Gasteiger partial charge in [-0.3, -0.25) is 0 Å². The van der Waals surface area contributed by atoms with Crippen LogP contribution in [-0.2, 0) is 0 Å². The first-order valence-corrected chi connectivity index (χ1v) is 5.07. The fourth-order valence-electron chi connectivity index (χ4n) is 1.29. The largest absolute Gasteiger partial charge is 0.473 e. The second-order valence-corrected chi connectivity index (χ2v) is 3.47. The van der Waals surface area contributed by atoms with E-state index < -0.39 is 11.6 Å². The van der Waals surface area contributed by atoms with E-state index in [4.69, 9.17) is 10.6 Å². The number of nitrogens with zero attached hydrogens (tertiary/aromatic N) is 1. The highest BCUT2D eigenvalue weighted by molar-refractivity contribution is 5.38. The summed E-state index contributed by atoms with van der Waals surface area (Å²) in [5, 5.41) is 0. The lowest BCUT2D eigenvalue weighted by Gasteiger charge is -2.14. The minimum absolute atomic E-state index is 0.178. The second-order valence-electron chi connectivity index (χ2n) is 3.47. The van der Waals surface area contributed by atoms with Gasteiger partial charge in [0, 0.05) is 6.07 Å². The number of anilines is 1. The van der Waals surface area contributed by atoms with Crippen molar-refractivity contribution in [1.29, 1.82) is 0 Å². The highest BCUT2D eigenvalue weighted by atomic mass is 19.1. The number of nitrogens with two attached hydrogens (primary N) is 1. The minimum atomic E-state index is -0.851. The zero-order valence-corrected chi connectivity index (χ0v) is 9.26. The molecule has 1 atom stereocenters. The molecule has 1 aromatic rings. The molecule has 1 heterocycles. The molecule has 3 N–H and O–H groups in total. The lowest BCUT2D eigenvalue weighted by molar-refractivity contribution is 0.191. The Morgan fingerprint density at radius 3 is 2.75 bits per heavy atom. The fourth-order valence-corrected chi connectivity index (χ4v) is 1.29. The van der Waals surface area contributed by atoms with E-state index in [-0.39, 0.29) is 17.8 Å². The third kappa shape index (κ3) is 3.03. The molecule has 6 heteroatoms. The summed E-state index contributed by atoms with van der Waals surface area (Å²) >= 11 is 0. The van der Waals surface area contributed by atoms with Gasteiger partial charge < -0.3 is 10.2 Å². The van der Waals surface area contributed by atoms with Crippen molar-refractivity contribution in [2.75, 3.05) is 5.43 Å². The predicted octanol–water partition coefficient (Wildman–Crippen LogP) is 2.21. The van der Waals surface area contributed by atoms with Crippen molar-refractivity contribution in [3.63, 3.8) is 0 Å². The maximum absolute atomic E-state index is 13.3. The number of nitrogen functional groups attached to an aromatic ring is 1. The predicted molar refractivity (Wildman–Crippen MR) is 57.0 cm³/mol. The van der Waals surface area contributed by atoms with E-state index in [2.05, 4.69) is 4.98 Å². The molecule has 0 saturated carbocycles. The van der Waals surface area contributed by atoms with E-state index in [0.717, 1.165) is 12.8 Å². The van der Waals surface area contributed by atoms with Gasteiger partial charge in [0.2, 0.25) is 0 Å². The van der Waals surface area contributed by atoms with Crippen LogP contribution in [0.1, 0.15) is 26.7 Å². The molecule has 0 aliphatic carbocycles. The summed E-state index contributed by atoms with van der Waals surface area (Å²) in [6.45, 7) is 3.78. The lowest BCUT2D eigenvalue weighted by Crippen LogP contribution is -2.16. The summed E-state index contributed by atoms with van der Waals surface area (Å²) in [4.78, 5) is 3.60. The van der Waals surface area contributed by atoms with Crippen LogP contribution in [0.5, 0.6) is 5.88 Å². The molecule has 0 saturated heterocycles. The summed E-state index contributed by atoms with van der Waals surface area (Å²) < 4.78 is 31.5. The molecular formula is C10H15F2N3O. The van der Waals surface area contributed by atoms with Crippen LogP contribution < -0.4 is 16.0 Å². The van der Waals surface area contributed by atoms with Gasteiger partial charge in [-0.1, -0.05) is 13.3 Å². The normalized spacial score (nSPS) is 12.3. The van der Waals surface area contributed by atoms with Crippen LogP contribution in [0.25, 0.3) is 0 Å². The Morgan fingerprint density at radius 1 is 1.50 bits per heavy atom. The monoisotopic (exact) mass is 231 g/mol. The van der Waals surface area contributed by atoms with E-state index in [1.807, 2.05) is 12.3 Å². The van der Waals surface area contributed by atoms with Gasteiger partial charge in [0.25, 0.3) is 5.88 Å². The van der Waals surface area contributed by atoms with Crippen molar-refractivity contribution in [2.45, 2.75) is 32.8 Å². The summed E-state index contributed by atoms with van der Waals surface area (Å²) in [6, 6.07) is 0.691. The smallest absolute Gasteiger partial charge is 0.252 e. The van der Waals surface area contributed by atoms with Gasteiger partial charge in [0.1, 0.15) is 0 Å². The van der Waals surface area contributed by atoms with E-state index in [1.54, 1.807) is 6.92 Å². The number of hydrogen-bond donors (Lipinski definition) is 2. The average Bonchev–Trinajstić information content (AvgIpc) is 2.22. The average molecular weight is 231 g/mol. The zero-order chi connectivity index (χ0) is 12.1. The Bertz CT molecular complexity index is 360. The van der Waals surface area contributed by atoms with Gasteiger partial charge in [-0.25, -0.2) is 14.6 Å². The number of nitrogens with one attached hydrogen (secondary N) is 1. The van der Waals surface area contributed by atoms with Crippen molar-refractivity contribution in [1.82, 2.24) is 4.98 Å². The van der Waals surface area contributed by atoms with Crippen molar-refractivity contribution in [2.24, 2.45) is 5.84 Å². The molecule has 1 aromatic heterocycles. The number of ether oxygens (including phenoxy) is 1. The first-order chi connectivity index (χ1) is 7.58. The zero-order valence-electron chi connectivity index (χ0n) is 9.26. The molecule has 0 radical (unpaired) electrons. The molecule has 1 unspecified atom stereocenters. The number of pyridine rings is 1. The standard InChI is InChI=1S/C10H15F2N3O/c1-3-4-6(2)16-10-8(12)5-7(11)9(14-10)15-13/h5-6H,3-4,13H2,1-2H3,(H,14,15). The van der Waals surface area contributed by atoms with Gasteiger partial charge in [-0.05, 0) is 13.3 Å². The molecule has 16 heavy (non-hydrogen) atoms. The van der Waals surface area contributed by atoms with Crippen molar-refractivity contribution < 1.29 is 13.5 Å². The van der Waals surface area contributed by atoms with E-state index >= 15 is 0 Å². The van der Waals surface area contributed by atoms with Crippen LogP contribution in [0.2, 0.25) is 0 Å². The minimum Gasteiger partial charge on any atom is -0.473 e. The summed E-state index contributed by atoms with van der Waals surface area (Å²) in [7, 11) is 0. The summed E-state index contributed by atoms with van der Waals surface area (Å²) in [5.74, 6) is 2.87. The molecule has 0 aliphatic heterocycles. The molecule has 4 nitrogen and oxygen atoms in total. The van der Waals surface area contributed by atoms with Crippen LogP contribution in [-0.4, -0.2) is 11.1 Å². The van der Waals surface area contributed by atoms with Crippen LogP contribution in [0, 0.1) is 11.6 Å². The van der Waals surface area contributed by atoms with Crippen molar-refractivity contribution >= 4 is 5.82 Å². The molecule has 0 amide bonds. The number of hydrogen-bond acceptors (Lipinski definition) is 4. The van der Waals surface area contributed by atoms with Crippen molar-refractivity contribution in [3.05, 3.63) is 17.7 Å². The third-order valence-electron chi connectivity index (χ3n) is 2.04. The number of halogens is 2. The molecule has 0 bridgehead atoms. The Kier molecular flexibility index (Phi) is 4.42. The van der Waals surface area contributed by atoms with Gasteiger partial charge in [0.05, 0.1) is 6.10 Å². The lowest BCUT2D eigenvalue weighted by atomic mass is 10.2. The summed E-state index contributed by atoms with van der Waals surface area (Å²) in [6.07, 6.45) is 1.50. The number of rotatable bonds is 5. The Balaban J connectivity index is 2.87. The van der Waals surface area contributed by atoms with E-state index in [0.29, 0.717) is 6.07 Å². The fraction of sp³-hybridized carbons (Fsp3) is 0.500. The van der Waals surface area contributed by atoms with Crippen LogP contribution >= 0.6 is 0 Å². The van der Waals surface area contributed by atoms with E-state index in [1.165, 1.54) is 0 Å². The van der Waals surface area contributed by atoms with Crippen LogP contribution in [0.4, 0.5) is 14.6 Å². The van der Waals surface area contributed by atoms with Gasteiger partial charge in [-0.2, -0.15) is 4.98 Å². The van der Waals surface area contributed by atoms with Gasteiger partial charge >= 0.3 is 0 Å². The van der Waals surface area contributed by atoms with Crippen LogP contribution in [0.15, 0.2) is 6.07 Å². The van der Waals surface area contributed by atoms with E-state index in [9.17, 15) is 8.78 Å². The maximum Gasteiger partial charge on any atom is 0.252 e. The molecule has 0 aliphatic rings. The third-order valence-corrected chi connectivity index (χ3v) is 2.04. The number of aromatic nitrogens is 1. The molecule has 0 aromatic carbocycles. The van der Waals surface area contributed by atoms with Gasteiger partial charge in [-0.15, -0.1) is 0 Å². The molecule has 1 rings (SSSR count). The first-order valence-electron chi connectivity index (χ1n) is 5.07. The van der Waals surface area contributed by atoms with Crippen molar-refractivity contribution in [3.8, 4) is 5.88 Å². The second kappa shape index (κ2) is 5.60. The molecular weight excluding hydrogens is 216 g/mol. The Labute approximate surface area is 92.8 Å². The first kappa shape index (κ1) is 12.6.